The Balaban J connectivity index is 2.50. The van der Waals surface area contributed by atoms with Crippen LogP contribution < -0.4 is 0 Å². The van der Waals surface area contributed by atoms with Crippen LogP contribution in [0, 0.1) is 0 Å². The first-order valence-corrected chi connectivity index (χ1v) is 5.59. The lowest BCUT2D eigenvalue weighted by Crippen LogP contribution is -1.95. The van der Waals surface area contributed by atoms with Gasteiger partial charge in [0.1, 0.15) is 5.82 Å². The van der Waals surface area contributed by atoms with E-state index in [0.29, 0.717) is 12.3 Å². The molecule has 0 saturated carbocycles. The Bertz CT molecular complexity index is 459. The third-order valence-electron chi connectivity index (χ3n) is 1.91. The molecule has 0 atom stereocenters. The van der Waals surface area contributed by atoms with E-state index < -0.39 is 0 Å². The van der Waals surface area contributed by atoms with Crippen molar-refractivity contribution in [3.63, 3.8) is 0 Å². The number of aryl methyl sites for hydroxylation is 1. The summed E-state index contributed by atoms with van der Waals surface area (Å²) in [6.45, 7) is 0. The van der Waals surface area contributed by atoms with E-state index in [0.717, 1.165) is 21.2 Å². The molecule has 2 nitrogen and oxygen atoms in total. The largest absolute Gasteiger partial charge is 0.241 e. The SMILES string of the molecule is ClCCc1ncc2cc(Br)ccc2n1. The maximum atomic E-state index is 5.62. The zero-order valence-electron chi connectivity index (χ0n) is 7.37. The number of hydrogen-bond acceptors (Lipinski definition) is 2. The number of hydrogen-bond donors (Lipinski definition) is 0. The fraction of sp³-hybridized carbons (Fsp3) is 0.200. The van der Waals surface area contributed by atoms with Crippen molar-refractivity contribution in [2.75, 3.05) is 5.88 Å². The molecule has 0 aliphatic heterocycles. The molecule has 72 valence electrons. The van der Waals surface area contributed by atoms with Crippen LogP contribution in [0.15, 0.2) is 28.9 Å². The Morgan fingerprint density at radius 3 is 3.00 bits per heavy atom. The van der Waals surface area contributed by atoms with E-state index in [9.17, 15) is 0 Å². The topological polar surface area (TPSA) is 25.8 Å². The van der Waals surface area contributed by atoms with E-state index in [-0.39, 0.29) is 0 Å². The highest BCUT2D eigenvalue weighted by Gasteiger charge is 1.99. The predicted octanol–water partition coefficient (Wildman–Crippen LogP) is 3.17. The fourth-order valence-electron chi connectivity index (χ4n) is 1.25. The van der Waals surface area contributed by atoms with Crippen LogP contribution in [0.4, 0.5) is 0 Å². The van der Waals surface area contributed by atoms with Crippen LogP contribution in [-0.2, 0) is 6.42 Å². The summed E-state index contributed by atoms with van der Waals surface area (Å²) in [7, 11) is 0. The Labute approximate surface area is 95.5 Å². The molecule has 0 aliphatic rings. The van der Waals surface area contributed by atoms with Crippen molar-refractivity contribution in [2.24, 2.45) is 0 Å². The standard InChI is InChI=1S/C10H8BrClN2/c11-8-1-2-9-7(5-8)6-13-10(14-9)3-4-12/h1-2,5-6H,3-4H2. The summed E-state index contributed by atoms with van der Waals surface area (Å²) in [4.78, 5) is 8.61. The first-order chi connectivity index (χ1) is 6.79. The molecule has 0 unspecified atom stereocenters. The zero-order valence-corrected chi connectivity index (χ0v) is 9.72. The molecule has 0 fully saturated rings. The Kier molecular flexibility index (Phi) is 2.99. The maximum Gasteiger partial charge on any atom is 0.130 e. The molecule has 0 spiro atoms. The number of aromatic nitrogens is 2. The van der Waals surface area contributed by atoms with Gasteiger partial charge in [-0.15, -0.1) is 11.6 Å². The molecule has 2 rings (SSSR count). The number of alkyl halides is 1. The smallest absolute Gasteiger partial charge is 0.130 e. The summed E-state index contributed by atoms with van der Waals surface area (Å²) in [6.07, 6.45) is 2.54. The van der Waals surface area contributed by atoms with Crippen molar-refractivity contribution in [3.8, 4) is 0 Å². The second kappa shape index (κ2) is 4.24. The lowest BCUT2D eigenvalue weighted by Gasteiger charge is -2.00. The van der Waals surface area contributed by atoms with Crippen LogP contribution in [0.2, 0.25) is 0 Å². The highest BCUT2D eigenvalue weighted by atomic mass is 79.9. The van der Waals surface area contributed by atoms with Crippen molar-refractivity contribution in [1.82, 2.24) is 9.97 Å². The minimum absolute atomic E-state index is 0.558. The van der Waals surface area contributed by atoms with E-state index in [1.807, 2.05) is 24.4 Å². The van der Waals surface area contributed by atoms with Crippen LogP contribution in [-0.4, -0.2) is 15.8 Å². The zero-order chi connectivity index (χ0) is 9.97. The second-order valence-corrected chi connectivity index (χ2v) is 4.22. The molecular formula is C10H8BrClN2. The second-order valence-electron chi connectivity index (χ2n) is 2.93. The molecule has 0 amide bonds. The van der Waals surface area contributed by atoms with E-state index >= 15 is 0 Å². The van der Waals surface area contributed by atoms with Gasteiger partial charge in [0.05, 0.1) is 5.52 Å². The lowest BCUT2D eigenvalue weighted by molar-refractivity contribution is 0.966. The van der Waals surface area contributed by atoms with Crippen molar-refractivity contribution >= 4 is 38.4 Å². The van der Waals surface area contributed by atoms with Gasteiger partial charge in [-0.05, 0) is 18.2 Å². The van der Waals surface area contributed by atoms with Crippen LogP contribution in [0.25, 0.3) is 10.9 Å². The molecular weight excluding hydrogens is 263 g/mol. The normalized spacial score (nSPS) is 10.7. The summed E-state index contributed by atoms with van der Waals surface area (Å²) in [5.41, 5.74) is 0.961. The molecule has 0 saturated heterocycles. The molecule has 2 aromatic rings. The monoisotopic (exact) mass is 270 g/mol. The highest BCUT2D eigenvalue weighted by molar-refractivity contribution is 9.10. The molecule has 1 aromatic carbocycles. The van der Waals surface area contributed by atoms with Crippen molar-refractivity contribution in [2.45, 2.75) is 6.42 Å². The van der Waals surface area contributed by atoms with Gasteiger partial charge in [-0.2, -0.15) is 0 Å². The van der Waals surface area contributed by atoms with Gasteiger partial charge in [-0.3, -0.25) is 0 Å². The minimum Gasteiger partial charge on any atom is -0.241 e. The van der Waals surface area contributed by atoms with Gasteiger partial charge in [-0.25, -0.2) is 9.97 Å². The number of halogens is 2. The van der Waals surface area contributed by atoms with E-state index in [2.05, 4.69) is 25.9 Å². The molecule has 1 aromatic heterocycles. The maximum absolute atomic E-state index is 5.62. The highest BCUT2D eigenvalue weighted by Crippen LogP contribution is 2.17. The quantitative estimate of drug-likeness (QED) is 0.784. The Morgan fingerprint density at radius 2 is 2.21 bits per heavy atom. The summed E-state index contributed by atoms with van der Waals surface area (Å²) < 4.78 is 1.04. The van der Waals surface area contributed by atoms with E-state index in [1.54, 1.807) is 0 Å². The fourth-order valence-corrected chi connectivity index (χ4v) is 1.80. The van der Waals surface area contributed by atoms with Gasteiger partial charge in [-0.1, -0.05) is 15.9 Å². The summed E-state index contributed by atoms with van der Waals surface area (Å²) in [5.74, 6) is 1.36. The van der Waals surface area contributed by atoms with Gasteiger partial charge in [0.15, 0.2) is 0 Å². The number of fused-ring (bicyclic) bond motifs is 1. The third-order valence-corrected chi connectivity index (χ3v) is 2.59. The molecule has 4 heteroatoms. The van der Waals surface area contributed by atoms with Gasteiger partial charge in [0, 0.05) is 28.4 Å². The number of benzene rings is 1. The van der Waals surface area contributed by atoms with Crippen LogP contribution in [0.1, 0.15) is 5.82 Å². The first-order valence-electron chi connectivity index (χ1n) is 4.27. The Hall–Kier alpha value is -0.670. The van der Waals surface area contributed by atoms with Crippen LogP contribution in [0.5, 0.6) is 0 Å². The Morgan fingerprint density at radius 1 is 1.36 bits per heavy atom. The van der Waals surface area contributed by atoms with Gasteiger partial charge < -0.3 is 0 Å². The molecule has 1 heterocycles. The predicted molar refractivity (Wildman–Crippen MR) is 61.7 cm³/mol. The number of rotatable bonds is 2. The average Bonchev–Trinajstić information content (AvgIpc) is 2.19. The molecule has 0 aliphatic carbocycles. The summed E-state index contributed by atoms with van der Waals surface area (Å²) in [5, 5.41) is 1.04. The molecule has 0 radical (unpaired) electrons. The van der Waals surface area contributed by atoms with E-state index in [1.165, 1.54) is 0 Å². The van der Waals surface area contributed by atoms with Gasteiger partial charge in [0.2, 0.25) is 0 Å². The molecule has 0 bridgehead atoms. The van der Waals surface area contributed by atoms with E-state index in [4.69, 9.17) is 11.6 Å². The summed E-state index contributed by atoms with van der Waals surface area (Å²) >= 11 is 9.03. The molecule has 14 heavy (non-hydrogen) atoms. The summed E-state index contributed by atoms with van der Waals surface area (Å²) in [6, 6.07) is 5.94. The van der Waals surface area contributed by atoms with Gasteiger partial charge in [0.25, 0.3) is 0 Å². The van der Waals surface area contributed by atoms with Crippen LogP contribution in [0.3, 0.4) is 0 Å². The molecule has 0 N–H and O–H groups in total. The van der Waals surface area contributed by atoms with Crippen molar-refractivity contribution in [1.29, 1.82) is 0 Å². The number of nitrogens with zero attached hydrogens (tertiary/aromatic N) is 2. The third kappa shape index (κ3) is 2.04. The van der Waals surface area contributed by atoms with Crippen molar-refractivity contribution < 1.29 is 0 Å². The van der Waals surface area contributed by atoms with Gasteiger partial charge >= 0.3 is 0 Å². The minimum atomic E-state index is 0.558. The van der Waals surface area contributed by atoms with Crippen molar-refractivity contribution in [3.05, 3.63) is 34.7 Å². The average molecular weight is 272 g/mol. The van der Waals surface area contributed by atoms with Crippen LogP contribution >= 0.6 is 27.5 Å². The lowest BCUT2D eigenvalue weighted by atomic mass is 10.2. The first kappa shape index (κ1) is 9.87.